The zero-order valence-corrected chi connectivity index (χ0v) is 15.3. The first-order valence-corrected chi connectivity index (χ1v) is 9.54. The molecular weight excluding hydrogens is 340 g/mol. The topological polar surface area (TPSA) is 59.5 Å². The smallest absolute Gasteiger partial charge is 0.226 e. The molecule has 0 radical (unpaired) electrons. The summed E-state index contributed by atoms with van der Waals surface area (Å²) in [5.41, 5.74) is 1.25. The Kier molecular flexibility index (Phi) is 3.61. The molecule has 138 valence electrons. The molecule has 2 aromatic rings. The van der Waals surface area contributed by atoms with Gasteiger partial charge in [-0.1, -0.05) is 12.1 Å². The Labute approximate surface area is 158 Å². The molecule has 2 saturated carbocycles. The molecule has 2 aliphatic carbocycles. The minimum Gasteiger partial charge on any atom is -0.486 e. The number of amides is 1. The average molecular weight is 362 g/mol. The first-order chi connectivity index (χ1) is 13.1. The first-order valence-electron chi connectivity index (χ1n) is 9.54. The monoisotopic (exact) mass is 362 g/mol. The summed E-state index contributed by atoms with van der Waals surface area (Å²) in [6.07, 6.45) is 5.70. The minimum atomic E-state index is -0.492. The molecule has 0 N–H and O–H groups in total. The van der Waals surface area contributed by atoms with E-state index >= 15 is 0 Å². The molecule has 0 unspecified atom stereocenters. The predicted molar refractivity (Wildman–Crippen MR) is 99.2 cm³/mol. The second kappa shape index (κ2) is 5.91. The van der Waals surface area contributed by atoms with Crippen molar-refractivity contribution >= 4 is 11.7 Å². The van der Waals surface area contributed by atoms with Crippen LogP contribution in [0, 0.1) is 17.8 Å². The number of fused-ring (bicyclic) bond motifs is 3. The lowest BCUT2D eigenvalue weighted by Crippen LogP contribution is -2.44. The number of ether oxygens (including phenoxy) is 1. The largest absolute Gasteiger partial charge is 0.486 e. The van der Waals surface area contributed by atoms with Gasteiger partial charge in [-0.05, 0) is 48.6 Å². The van der Waals surface area contributed by atoms with E-state index in [4.69, 9.17) is 4.74 Å². The van der Waals surface area contributed by atoms with Crippen LogP contribution in [0.25, 0.3) is 0 Å². The van der Waals surface area contributed by atoms with Crippen LogP contribution < -0.4 is 4.74 Å². The Morgan fingerprint density at radius 1 is 1.26 bits per heavy atom. The Bertz CT molecular complexity index is 913. The summed E-state index contributed by atoms with van der Waals surface area (Å²) in [5, 5.41) is 0. The van der Waals surface area contributed by atoms with Crippen molar-refractivity contribution in [2.75, 3.05) is 7.05 Å². The molecule has 0 saturated heterocycles. The van der Waals surface area contributed by atoms with Gasteiger partial charge in [0.15, 0.2) is 5.78 Å². The van der Waals surface area contributed by atoms with Crippen molar-refractivity contribution in [3.05, 3.63) is 59.9 Å². The van der Waals surface area contributed by atoms with Gasteiger partial charge < -0.3 is 9.64 Å². The van der Waals surface area contributed by atoms with Gasteiger partial charge in [-0.3, -0.25) is 14.6 Å². The number of benzene rings is 1. The second-order valence-corrected chi connectivity index (χ2v) is 8.07. The molecule has 1 aliphatic heterocycles. The van der Waals surface area contributed by atoms with Gasteiger partial charge >= 0.3 is 0 Å². The number of carbonyl (C=O) groups excluding carboxylic acids is 2. The highest BCUT2D eigenvalue weighted by molar-refractivity contribution is 6.00. The fourth-order valence-corrected chi connectivity index (χ4v) is 5.19. The van der Waals surface area contributed by atoms with E-state index in [0.717, 1.165) is 18.4 Å². The van der Waals surface area contributed by atoms with Gasteiger partial charge in [-0.15, -0.1) is 0 Å². The molecule has 1 amide bonds. The second-order valence-electron chi connectivity index (χ2n) is 8.07. The van der Waals surface area contributed by atoms with Crippen molar-refractivity contribution in [1.29, 1.82) is 0 Å². The summed E-state index contributed by atoms with van der Waals surface area (Å²) < 4.78 is 6.38. The predicted octanol–water partition coefficient (Wildman–Crippen LogP) is 3.10. The summed E-state index contributed by atoms with van der Waals surface area (Å²) in [6.45, 7) is 0.576. The Morgan fingerprint density at radius 3 is 2.85 bits per heavy atom. The molecule has 1 spiro atoms. The fourth-order valence-electron chi connectivity index (χ4n) is 5.19. The van der Waals surface area contributed by atoms with Crippen LogP contribution in [0.15, 0.2) is 48.8 Å². The summed E-state index contributed by atoms with van der Waals surface area (Å²) in [7, 11) is 1.85. The van der Waals surface area contributed by atoms with Gasteiger partial charge in [0.05, 0.1) is 12.0 Å². The maximum atomic E-state index is 13.0. The van der Waals surface area contributed by atoms with E-state index in [-0.39, 0.29) is 23.5 Å². The molecule has 5 rings (SSSR count). The number of pyridine rings is 1. The molecule has 4 atom stereocenters. The summed E-state index contributed by atoms with van der Waals surface area (Å²) in [4.78, 5) is 31.5. The van der Waals surface area contributed by atoms with E-state index < -0.39 is 5.60 Å². The maximum Gasteiger partial charge on any atom is 0.226 e. The average Bonchev–Trinajstić information content (AvgIpc) is 3.32. The van der Waals surface area contributed by atoms with Crippen LogP contribution in [0.5, 0.6) is 5.75 Å². The summed E-state index contributed by atoms with van der Waals surface area (Å²) in [5.74, 6) is 1.45. The molecule has 2 heterocycles. The maximum absolute atomic E-state index is 13.0. The van der Waals surface area contributed by atoms with Crippen LogP contribution in [-0.4, -0.2) is 34.2 Å². The third kappa shape index (κ3) is 2.56. The SMILES string of the molecule is CN(Cc1ccncc1)C(=O)[C@@H]1[C@H]2CC[C@@]3(CC(=O)c4ccccc4O3)[C@@H]21. The molecule has 5 nitrogen and oxygen atoms in total. The van der Waals surface area contributed by atoms with E-state index in [0.29, 0.717) is 30.2 Å². The van der Waals surface area contributed by atoms with Gasteiger partial charge in [0, 0.05) is 37.8 Å². The lowest BCUT2D eigenvalue weighted by atomic mass is 9.84. The summed E-state index contributed by atoms with van der Waals surface area (Å²) >= 11 is 0. The van der Waals surface area contributed by atoms with Gasteiger partial charge in [0.1, 0.15) is 11.4 Å². The van der Waals surface area contributed by atoms with Crippen molar-refractivity contribution in [2.45, 2.75) is 31.4 Å². The standard InChI is InChI=1S/C22H22N2O3/c1-24(13-14-7-10-23-11-8-14)21(26)19-16-6-9-22(20(16)19)12-17(25)15-4-2-3-5-18(15)27-22/h2-5,7-8,10-11,16,19-20H,6,9,12-13H2,1H3/t16-,19-,20+,22-/m1/s1. The van der Waals surface area contributed by atoms with E-state index in [9.17, 15) is 9.59 Å². The van der Waals surface area contributed by atoms with Crippen LogP contribution in [-0.2, 0) is 11.3 Å². The third-order valence-corrected chi connectivity index (χ3v) is 6.47. The van der Waals surface area contributed by atoms with E-state index in [1.165, 1.54) is 0 Å². The van der Waals surface area contributed by atoms with Gasteiger partial charge in [0.2, 0.25) is 5.91 Å². The number of nitrogens with zero attached hydrogens (tertiary/aromatic N) is 2. The lowest BCUT2D eigenvalue weighted by Gasteiger charge is -2.37. The van der Waals surface area contributed by atoms with Crippen molar-refractivity contribution in [3.8, 4) is 5.75 Å². The van der Waals surface area contributed by atoms with Crippen LogP contribution in [0.2, 0.25) is 0 Å². The minimum absolute atomic E-state index is 0.0244. The zero-order valence-electron chi connectivity index (χ0n) is 15.3. The Hall–Kier alpha value is -2.69. The summed E-state index contributed by atoms with van der Waals surface area (Å²) in [6, 6.07) is 11.3. The molecule has 5 heteroatoms. The normalized spacial score (nSPS) is 30.4. The van der Waals surface area contributed by atoms with Crippen molar-refractivity contribution < 1.29 is 14.3 Å². The van der Waals surface area contributed by atoms with E-state index in [1.807, 2.05) is 43.4 Å². The highest BCUT2D eigenvalue weighted by Gasteiger charge is 2.70. The molecule has 27 heavy (non-hydrogen) atoms. The number of para-hydroxylation sites is 1. The number of ketones is 1. The van der Waals surface area contributed by atoms with E-state index in [2.05, 4.69) is 4.98 Å². The van der Waals surface area contributed by atoms with Gasteiger partial charge in [-0.25, -0.2) is 0 Å². The third-order valence-electron chi connectivity index (χ3n) is 6.47. The lowest BCUT2D eigenvalue weighted by molar-refractivity contribution is -0.133. The van der Waals surface area contributed by atoms with Crippen LogP contribution in [0.1, 0.15) is 35.2 Å². The number of rotatable bonds is 3. The van der Waals surface area contributed by atoms with Crippen LogP contribution in [0.4, 0.5) is 0 Å². The number of carbonyl (C=O) groups is 2. The molecule has 1 aromatic heterocycles. The van der Waals surface area contributed by atoms with Crippen LogP contribution >= 0.6 is 0 Å². The van der Waals surface area contributed by atoms with Crippen molar-refractivity contribution in [2.24, 2.45) is 17.8 Å². The highest BCUT2D eigenvalue weighted by Crippen LogP contribution is 2.66. The zero-order chi connectivity index (χ0) is 18.6. The highest BCUT2D eigenvalue weighted by atomic mass is 16.5. The Balaban J connectivity index is 1.34. The van der Waals surface area contributed by atoms with E-state index in [1.54, 1.807) is 17.3 Å². The molecule has 1 aromatic carbocycles. The number of Topliss-reactive ketones (excluding diaryl/α,β-unsaturated/α-hetero) is 1. The number of aromatic nitrogens is 1. The van der Waals surface area contributed by atoms with Gasteiger partial charge in [-0.2, -0.15) is 0 Å². The molecule has 2 fully saturated rings. The quantitative estimate of drug-likeness (QED) is 0.842. The first kappa shape index (κ1) is 16.5. The Morgan fingerprint density at radius 2 is 2.04 bits per heavy atom. The number of hydrogen-bond acceptors (Lipinski definition) is 4. The molecular formula is C22H22N2O3. The number of hydrogen-bond donors (Lipinski definition) is 0. The van der Waals surface area contributed by atoms with Gasteiger partial charge in [0.25, 0.3) is 0 Å². The fraction of sp³-hybridized carbons (Fsp3) is 0.409. The molecule has 3 aliphatic rings. The van der Waals surface area contributed by atoms with Crippen molar-refractivity contribution in [1.82, 2.24) is 9.88 Å². The van der Waals surface area contributed by atoms with Crippen molar-refractivity contribution in [3.63, 3.8) is 0 Å². The van der Waals surface area contributed by atoms with Crippen LogP contribution in [0.3, 0.4) is 0 Å². The molecule has 0 bridgehead atoms.